The quantitative estimate of drug-likeness (QED) is 0.426. The second-order valence-corrected chi connectivity index (χ2v) is 8.75. The first-order chi connectivity index (χ1) is 15.5. The summed E-state index contributed by atoms with van der Waals surface area (Å²) >= 11 is 0. The van der Waals surface area contributed by atoms with E-state index in [4.69, 9.17) is 10.1 Å². The van der Waals surface area contributed by atoms with E-state index in [1.54, 1.807) is 0 Å². The Kier molecular flexibility index (Phi) is 5.25. The van der Waals surface area contributed by atoms with Crippen LogP contribution in [0.5, 0.6) is 0 Å². The van der Waals surface area contributed by atoms with Crippen LogP contribution < -0.4 is 5.32 Å². The molecule has 2 heterocycles. The molecule has 0 radical (unpaired) electrons. The predicted molar refractivity (Wildman–Crippen MR) is 127 cm³/mol. The molecular weight excluding hydrogens is 396 g/mol. The van der Waals surface area contributed by atoms with Gasteiger partial charge in [0.1, 0.15) is 0 Å². The molecule has 1 aliphatic rings. The molecule has 0 bridgehead atoms. The molecule has 1 saturated carbocycles. The summed E-state index contributed by atoms with van der Waals surface area (Å²) in [6.45, 7) is 6.12. The minimum atomic E-state index is -0.0672. The molecule has 0 saturated heterocycles. The number of nitrogens with one attached hydrogen (secondary N) is 1. The molecule has 0 unspecified atom stereocenters. The van der Waals surface area contributed by atoms with Gasteiger partial charge >= 0.3 is 0 Å². The lowest BCUT2D eigenvalue weighted by Gasteiger charge is -2.18. The van der Waals surface area contributed by atoms with E-state index < -0.39 is 0 Å². The Hall–Kier alpha value is -3.47. The van der Waals surface area contributed by atoms with E-state index in [9.17, 15) is 4.79 Å². The van der Waals surface area contributed by atoms with Gasteiger partial charge in [0.15, 0.2) is 5.65 Å². The fraction of sp³-hybridized carbons (Fsp3) is 0.296. The second-order valence-electron chi connectivity index (χ2n) is 8.75. The summed E-state index contributed by atoms with van der Waals surface area (Å²) in [4.78, 5) is 18.6. The summed E-state index contributed by atoms with van der Waals surface area (Å²) in [6, 6.07) is 20.3. The van der Waals surface area contributed by atoms with Crippen LogP contribution in [0.25, 0.3) is 16.7 Å². The van der Waals surface area contributed by atoms with Gasteiger partial charge in [-0.1, -0.05) is 55.0 Å². The molecule has 162 valence electrons. The van der Waals surface area contributed by atoms with Crippen LogP contribution in [0.4, 0.5) is 0 Å². The first-order valence-electron chi connectivity index (χ1n) is 11.4. The van der Waals surface area contributed by atoms with Gasteiger partial charge < -0.3 is 5.32 Å². The average molecular weight is 425 g/mol. The normalized spacial score (nSPS) is 14.5. The van der Waals surface area contributed by atoms with Gasteiger partial charge in [0, 0.05) is 11.6 Å². The van der Waals surface area contributed by atoms with Gasteiger partial charge in [0.05, 0.1) is 28.4 Å². The van der Waals surface area contributed by atoms with E-state index in [0.717, 1.165) is 52.9 Å². The van der Waals surface area contributed by atoms with Crippen LogP contribution in [0, 0.1) is 13.8 Å². The summed E-state index contributed by atoms with van der Waals surface area (Å²) in [7, 11) is 0. The van der Waals surface area contributed by atoms with Gasteiger partial charge in [-0.15, -0.1) is 0 Å². The zero-order valence-electron chi connectivity index (χ0n) is 18.8. The van der Waals surface area contributed by atoms with Gasteiger partial charge in [-0.05, 0) is 56.9 Å². The highest BCUT2D eigenvalue weighted by molar-refractivity contribution is 6.07. The molecule has 2 aromatic heterocycles. The molecule has 1 aliphatic carbocycles. The number of hydrogen-bond donors (Lipinski definition) is 1. The van der Waals surface area contributed by atoms with Crippen molar-refractivity contribution in [2.75, 3.05) is 0 Å². The fourth-order valence-electron chi connectivity index (χ4n) is 4.28. The molecular formula is C27H28N4O. The maximum absolute atomic E-state index is 13.6. The zero-order chi connectivity index (χ0) is 22.2. The van der Waals surface area contributed by atoms with Gasteiger partial charge in [-0.2, -0.15) is 5.10 Å². The molecule has 1 fully saturated rings. The van der Waals surface area contributed by atoms with Crippen LogP contribution in [0.15, 0.2) is 60.7 Å². The van der Waals surface area contributed by atoms with Crippen molar-refractivity contribution < 1.29 is 4.79 Å². The van der Waals surface area contributed by atoms with E-state index in [-0.39, 0.29) is 11.9 Å². The van der Waals surface area contributed by atoms with Crippen LogP contribution >= 0.6 is 0 Å². The summed E-state index contributed by atoms with van der Waals surface area (Å²) < 4.78 is 1.87. The molecule has 32 heavy (non-hydrogen) atoms. The number of nitrogens with zero attached hydrogens (tertiary/aromatic N) is 3. The number of amides is 1. The minimum Gasteiger partial charge on any atom is -0.345 e. The van der Waals surface area contributed by atoms with Gasteiger partial charge in [0.25, 0.3) is 5.91 Å². The first kappa shape index (κ1) is 20.4. The van der Waals surface area contributed by atoms with Crippen molar-refractivity contribution in [3.8, 4) is 5.69 Å². The largest absolute Gasteiger partial charge is 0.345 e. The van der Waals surface area contributed by atoms with E-state index in [1.807, 2.05) is 48.0 Å². The number of rotatable bonds is 6. The number of fused-ring (bicyclic) bond motifs is 1. The standard InChI is InChI=1S/C27H28N4O/c1-4-23(19-12-10-17(2)11-13-19)29-27(32)22-16-24(20-14-15-20)28-26-25(22)18(3)30-31(26)21-8-6-5-7-9-21/h5-13,16,20,23H,4,14-15H2,1-3H3,(H,29,32)/t23-/m0/s1. The first-order valence-corrected chi connectivity index (χ1v) is 11.4. The number of pyridine rings is 1. The lowest BCUT2D eigenvalue weighted by atomic mass is 10.0. The van der Waals surface area contributed by atoms with E-state index in [2.05, 4.69) is 43.4 Å². The lowest BCUT2D eigenvalue weighted by Crippen LogP contribution is -2.28. The van der Waals surface area contributed by atoms with E-state index in [1.165, 1.54) is 5.56 Å². The predicted octanol–water partition coefficient (Wildman–Crippen LogP) is 5.80. The Balaban J connectivity index is 1.59. The Labute approximate surface area is 188 Å². The maximum atomic E-state index is 13.6. The molecule has 0 spiro atoms. The Bertz CT molecular complexity index is 1270. The third-order valence-corrected chi connectivity index (χ3v) is 6.27. The van der Waals surface area contributed by atoms with Gasteiger partial charge in [-0.25, -0.2) is 9.67 Å². The number of aryl methyl sites for hydroxylation is 2. The van der Waals surface area contributed by atoms with E-state index >= 15 is 0 Å². The Morgan fingerprint density at radius 3 is 2.47 bits per heavy atom. The third kappa shape index (κ3) is 3.79. The molecule has 5 rings (SSSR count). The monoisotopic (exact) mass is 424 g/mol. The summed E-state index contributed by atoms with van der Waals surface area (Å²) in [5, 5.41) is 8.86. The average Bonchev–Trinajstić information content (AvgIpc) is 3.62. The molecule has 2 aromatic carbocycles. The lowest BCUT2D eigenvalue weighted by molar-refractivity contribution is 0.0937. The summed E-state index contributed by atoms with van der Waals surface area (Å²) in [5.41, 5.74) is 6.51. The number of hydrogen-bond acceptors (Lipinski definition) is 3. The fourth-order valence-corrected chi connectivity index (χ4v) is 4.28. The minimum absolute atomic E-state index is 0.0415. The van der Waals surface area contributed by atoms with Crippen LogP contribution in [0.1, 0.15) is 71.0 Å². The Morgan fingerprint density at radius 2 is 1.81 bits per heavy atom. The molecule has 5 nitrogen and oxygen atoms in total. The van der Waals surface area contributed by atoms with E-state index in [0.29, 0.717) is 11.5 Å². The van der Waals surface area contributed by atoms with Crippen LogP contribution in [0.2, 0.25) is 0 Å². The van der Waals surface area contributed by atoms with Crippen molar-refractivity contribution in [3.05, 3.63) is 88.7 Å². The number of aromatic nitrogens is 3. The summed E-state index contributed by atoms with van der Waals surface area (Å²) in [5.74, 6) is 0.367. The highest BCUT2D eigenvalue weighted by Gasteiger charge is 2.29. The second kappa shape index (κ2) is 8.23. The number of carbonyl (C=O) groups is 1. The van der Waals surface area contributed by atoms with Crippen molar-refractivity contribution in [1.82, 2.24) is 20.1 Å². The molecule has 1 atom stereocenters. The Morgan fingerprint density at radius 1 is 1.09 bits per heavy atom. The molecule has 1 amide bonds. The topological polar surface area (TPSA) is 59.8 Å². The van der Waals surface area contributed by atoms with Crippen LogP contribution in [0.3, 0.4) is 0 Å². The molecule has 4 aromatic rings. The maximum Gasteiger partial charge on any atom is 0.252 e. The number of carbonyl (C=O) groups excluding carboxylic acids is 1. The van der Waals surface area contributed by atoms with Crippen LogP contribution in [-0.2, 0) is 0 Å². The highest BCUT2D eigenvalue weighted by Crippen LogP contribution is 2.40. The van der Waals surface area contributed by atoms with Crippen molar-refractivity contribution in [1.29, 1.82) is 0 Å². The van der Waals surface area contributed by atoms with Crippen molar-refractivity contribution in [3.63, 3.8) is 0 Å². The SMILES string of the molecule is CC[C@H](NC(=O)c1cc(C2CC2)nc2c1c(C)nn2-c1ccccc1)c1ccc(C)cc1. The number of para-hydroxylation sites is 1. The van der Waals surface area contributed by atoms with Crippen molar-refractivity contribution in [2.45, 2.75) is 52.0 Å². The highest BCUT2D eigenvalue weighted by atomic mass is 16.1. The van der Waals surface area contributed by atoms with Gasteiger partial charge in [-0.3, -0.25) is 4.79 Å². The van der Waals surface area contributed by atoms with Crippen molar-refractivity contribution >= 4 is 16.9 Å². The van der Waals surface area contributed by atoms with Crippen LogP contribution in [-0.4, -0.2) is 20.7 Å². The third-order valence-electron chi connectivity index (χ3n) is 6.27. The molecule has 0 aliphatic heterocycles. The van der Waals surface area contributed by atoms with Gasteiger partial charge in [0.2, 0.25) is 0 Å². The zero-order valence-corrected chi connectivity index (χ0v) is 18.8. The van der Waals surface area contributed by atoms with Crippen molar-refractivity contribution in [2.24, 2.45) is 0 Å². The summed E-state index contributed by atoms with van der Waals surface area (Å²) in [6.07, 6.45) is 3.07. The number of benzene rings is 2. The molecule has 5 heteroatoms. The smallest absolute Gasteiger partial charge is 0.252 e. The molecule has 1 N–H and O–H groups in total.